The predicted octanol–water partition coefficient (Wildman–Crippen LogP) is 2.73. The van der Waals surface area contributed by atoms with Gasteiger partial charge in [-0.2, -0.15) is 0 Å². The minimum absolute atomic E-state index is 0.162. The first-order chi connectivity index (χ1) is 10.2. The number of ether oxygens (including phenoxy) is 1. The van der Waals surface area contributed by atoms with Gasteiger partial charge in [0.25, 0.3) is 5.91 Å². The van der Waals surface area contributed by atoms with E-state index in [1.165, 1.54) is 12.4 Å². The maximum absolute atomic E-state index is 12.6. The first-order valence-electron chi connectivity index (χ1n) is 6.65. The van der Waals surface area contributed by atoms with Gasteiger partial charge in [-0.05, 0) is 36.6 Å². The summed E-state index contributed by atoms with van der Waals surface area (Å²) in [6, 6.07) is 5.74. The zero-order valence-corrected chi connectivity index (χ0v) is 12.3. The van der Waals surface area contributed by atoms with Crippen molar-refractivity contribution in [3.05, 3.63) is 47.0 Å². The van der Waals surface area contributed by atoms with Crippen LogP contribution in [0.5, 0.6) is 5.75 Å². The fraction of sp³-hybridized carbons (Fsp3) is 0.267. The molecule has 108 valence electrons. The van der Waals surface area contributed by atoms with Crippen LogP contribution in [0.4, 0.5) is 5.69 Å². The number of halogens is 1. The second-order valence-corrected chi connectivity index (χ2v) is 5.17. The number of hydrogen-bond acceptors (Lipinski definition) is 4. The molecule has 1 aliphatic rings. The number of aromatic nitrogens is 2. The van der Waals surface area contributed by atoms with Gasteiger partial charge >= 0.3 is 0 Å². The molecule has 0 saturated carbocycles. The van der Waals surface area contributed by atoms with E-state index in [9.17, 15) is 4.79 Å². The van der Waals surface area contributed by atoms with Gasteiger partial charge in [-0.1, -0.05) is 11.6 Å². The van der Waals surface area contributed by atoms with E-state index in [0.717, 1.165) is 29.8 Å². The lowest BCUT2D eigenvalue weighted by Crippen LogP contribution is -2.36. The molecular formula is C15H14ClN3O2. The van der Waals surface area contributed by atoms with Crippen LogP contribution in [0.1, 0.15) is 22.5 Å². The molecule has 3 rings (SSSR count). The summed E-state index contributed by atoms with van der Waals surface area (Å²) in [6.45, 7) is 0.669. The Labute approximate surface area is 127 Å². The smallest absolute Gasteiger partial charge is 0.278 e. The van der Waals surface area contributed by atoms with Crippen LogP contribution in [0.3, 0.4) is 0 Å². The molecule has 1 aromatic heterocycles. The van der Waals surface area contributed by atoms with Gasteiger partial charge in [0.05, 0.1) is 19.5 Å². The molecule has 5 nitrogen and oxygen atoms in total. The van der Waals surface area contributed by atoms with Crippen LogP contribution in [0.15, 0.2) is 30.6 Å². The normalized spacial score (nSPS) is 13.7. The summed E-state index contributed by atoms with van der Waals surface area (Å²) in [5.41, 5.74) is 2.31. The predicted molar refractivity (Wildman–Crippen MR) is 80.0 cm³/mol. The number of benzene rings is 1. The monoisotopic (exact) mass is 303 g/mol. The number of methoxy groups -OCH3 is 1. The molecule has 2 heterocycles. The van der Waals surface area contributed by atoms with Gasteiger partial charge in [0.1, 0.15) is 16.6 Å². The van der Waals surface area contributed by atoms with Crippen molar-refractivity contribution in [1.82, 2.24) is 9.97 Å². The minimum atomic E-state index is -0.162. The third kappa shape index (κ3) is 2.69. The van der Waals surface area contributed by atoms with Crippen molar-refractivity contribution in [2.24, 2.45) is 0 Å². The van der Waals surface area contributed by atoms with Gasteiger partial charge < -0.3 is 9.64 Å². The van der Waals surface area contributed by atoms with E-state index in [1.54, 1.807) is 12.0 Å². The second-order valence-electron chi connectivity index (χ2n) is 4.78. The number of carbonyl (C=O) groups excluding carboxylic acids is 1. The molecule has 0 spiro atoms. The molecule has 1 aromatic carbocycles. The number of amides is 1. The average Bonchev–Trinajstić information content (AvgIpc) is 2.53. The molecule has 6 heteroatoms. The zero-order chi connectivity index (χ0) is 14.8. The highest BCUT2D eigenvalue weighted by Crippen LogP contribution is 2.31. The topological polar surface area (TPSA) is 55.3 Å². The standard InChI is InChI=1S/C15H14ClN3O2/c1-21-11-4-5-13-10(7-11)3-2-6-19(13)15(20)12-8-18-14(16)9-17-12/h4-5,7-9H,2-3,6H2,1H3. The van der Waals surface area contributed by atoms with Crippen molar-refractivity contribution >= 4 is 23.2 Å². The van der Waals surface area contributed by atoms with Crippen molar-refractivity contribution in [2.45, 2.75) is 12.8 Å². The van der Waals surface area contributed by atoms with Gasteiger partial charge in [-0.15, -0.1) is 0 Å². The number of anilines is 1. The minimum Gasteiger partial charge on any atom is -0.497 e. The van der Waals surface area contributed by atoms with Crippen LogP contribution in [0.2, 0.25) is 5.15 Å². The number of aryl methyl sites for hydroxylation is 1. The Bertz CT molecular complexity index is 673. The fourth-order valence-corrected chi connectivity index (χ4v) is 2.57. The van der Waals surface area contributed by atoms with E-state index < -0.39 is 0 Å². The molecule has 0 bridgehead atoms. The fourth-order valence-electron chi connectivity index (χ4n) is 2.47. The summed E-state index contributed by atoms with van der Waals surface area (Å²) in [4.78, 5) is 22.3. The van der Waals surface area contributed by atoms with E-state index in [-0.39, 0.29) is 11.1 Å². The summed E-state index contributed by atoms with van der Waals surface area (Å²) in [5, 5.41) is 0.273. The van der Waals surface area contributed by atoms with Crippen molar-refractivity contribution in [3.63, 3.8) is 0 Å². The third-order valence-corrected chi connectivity index (χ3v) is 3.69. The van der Waals surface area contributed by atoms with Gasteiger partial charge in [0, 0.05) is 12.2 Å². The Kier molecular flexibility index (Phi) is 3.75. The SMILES string of the molecule is COc1ccc2c(c1)CCCN2C(=O)c1cnc(Cl)cn1. The Morgan fingerprint density at radius 3 is 2.90 bits per heavy atom. The summed E-state index contributed by atoms with van der Waals surface area (Å²) in [5.74, 6) is 0.639. The Morgan fingerprint density at radius 2 is 2.19 bits per heavy atom. The molecule has 0 N–H and O–H groups in total. The number of hydrogen-bond donors (Lipinski definition) is 0. The largest absolute Gasteiger partial charge is 0.497 e. The van der Waals surface area contributed by atoms with Crippen LogP contribution >= 0.6 is 11.6 Å². The van der Waals surface area contributed by atoms with Crippen molar-refractivity contribution in [2.75, 3.05) is 18.6 Å². The van der Waals surface area contributed by atoms with Crippen molar-refractivity contribution in [3.8, 4) is 5.75 Å². The molecule has 0 saturated heterocycles. The Hall–Kier alpha value is -2.14. The van der Waals surface area contributed by atoms with E-state index >= 15 is 0 Å². The second kappa shape index (κ2) is 5.69. The highest BCUT2D eigenvalue weighted by molar-refractivity contribution is 6.29. The summed E-state index contributed by atoms with van der Waals surface area (Å²) in [6.07, 6.45) is 4.63. The lowest BCUT2D eigenvalue weighted by molar-refractivity contribution is 0.0980. The van der Waals surface area contributed by atoms with Gasteiger partial charge in [-0.3, -0.25) is 4.79 Å². The number of nitrogens with zero attached hydrogens (tertiary/aromatic N) is 3. The molecule has 0 unspecified atom stereocenters. The maximum Gasteiger partial charge on any atom is 0.278 e. The van der Waals surface area contributed by atoms with E-state index in [0.29, 0.717) is 12.2 Å². The van der Waals surface area contributed by atoms with Crippen LogP contribution < -0.4 is 9.64 Å². The number of carbonyl (C=O) groups is 1. The lowest BCUT2D eigenvalue weighted by Gasteiger charge is -2.29. The van der Waals surface area contributed by atoms with Gasteiger partial charge in [0.2, 0.25) is 0 Å². The van der Waals surface area contributed by atoms with E-state index in [1.807, 2.05) is 18.2 Å². The number of rotatable bonds is 2. The summed E-state index contributed by atoms with van der Waals surface area (Å²) in [7, 11) is 1.64. The molecule has 1 amide bonds. The van der Waals surface area contributed by atoms with Crippen LogP contribution in [-0.4, -0.2) is 29.5 Å². The van der Waals surface area contributed by atoms with Gasteiger partial charge in [-0.25, -0.2) is 9.97 Å². The molecule has 1 aliphatic heterocycles. The quantitative estimate of drug-likeness (QED) is 0.856. The zero-order valence-electron chi connectivity index (χ0n) is 11.5. The van der Waals surface area contributed by atoms with Crippen LogP contribution in [0.25, 0.3) is 0 Å². The summed E-state index contributed by atoms with van der Waals surface area (Å²) >= 11 is 5.70. The molecular weight excluding hydrogens is 290 g/mol. The van der Waals surface area contributed by atoms with E-state index in [2.05, 4.69) is 9.97 Å². The highest BCUT2D eigenvalue weighted by atomic mass is 35.5. The highest BCUT2D eigenvalue weighted by Gasteiger charge is 2.24. The molecule has 2 aromatic rings. The van der Waals surface area contributed by atoms with E-state index in [4.69, 9.17) is 16.3 Å². The molecule has 0 atom stereocenters. The number of fused-ring (bicyclic) bond motifs is 1. The van der Waals surface area contributed by atoms with Gasteiger partial charge in [0.15, 0.2) is 0 Å². The molecule has 0 radical (unpaired) electrons. The van der Waals surface area contributed by atoms with Crippen LogP contribution in [-0.2, 0) is 6.42 Å². The molecule has 0 fully saturated rings. The maximum atomic E-state index is 12.6. The molecule has 21 heavy (non-hydrogen) atoms. The Balaban J connectivity index is 1.94. The van der Waals surface area contributed by atoms with Crippen LogP contribution in [0, 0.1) is 0 Å². The first-order valence-corrected chi connectivity index (χ1v) is 7.03. The average molecular weight is 304 g/mol. The molecule has 0 aliphatic carbocycles. The van der Waals surface area contributed by atoms with Crippen molar-refractivity contribution < 1.29 is 9.53 Å². The Morgan fingerprint density at radius 1 is 1.33 bits per heavy atom. The third-order valence-electron chi connectivity index (χ3n) is 3.49. The van der Waals surface area contributed by atoms with Crippen molar-refractivity contribution in [1.29, 1.82) is 0 Å². The summed E-state index contributed by atoms with van der Waals surface area (Å²) < 4.78 is 5.23. The lowest BCUT2D eigenvalue weighted by atomic mass is 10.0. The first kappa shape index (κ1) is 13.8.